The minimum atomic E-state index is 0.263. The lowest BCUT2D eigenvalue weighted by Gasteiger charge is -2.04. The first-order valence-electron chi connectivity index (χ1n) is 5.65. The third-order valence-electron chi connectivity index (χ3n) is 2.43. The molecule has 4 nitrogen and oxygen atoms in total. The number of hydrogen-bond donors (Lipinski definition) is 0. The predicted octanol–water partition coefficient (Wildman–Crippen LogP) is 2.68. The van der Waals surface area contributed by atoms with E-state index >= 15 is 0 Å². The molecule has 0 aromatic carbocycles. The quantitative estimate of drug-likeness (QED) is 0.823. The summed E-state index contributed by atoms with van der Waals surface area (Å²) in [7, 11) is 0. The third-order valence-corrected chi connectivity index (χ3v) is 2.59. The Labute approximate surface area is 99.7 Å². The van der Waals surface area contributed by atoms with Crippen LogP contribution in [0.5, 0.6) is 0 Å². The summed E-state index contributed by atoms with van der Waals surface area (Å²) < 4.78 is 1.74. The van der Waals surface area contributed by atoms with Crippen molar-refractivity contribution in [2.45, 2.75) is 39.5 Å². The molecule has 0 radical (unpaired) electrons. The van der Waals surface area contributed by atoms with Gasteiger partial charge in [0.1, 0.15) is 0 Å². The summed E-state index contributed by atoms with van der Waals surface area (Å²) in [5.74, 6) is 0.611. The van der Waals surface area contributed by atoms with Crippen molar-refractivity contribution in [2.75, 3.05) is 0 Å². The average molecular weight is 239 g/mol. The fraction of sp³-hybridized carbons (Fsp3) is 0.545. The van der Waals surface area contributed by atoms with Crippen molar-refractivity contribution >= 4 is 17.4 Å². The van der Waals surface area contributed by atoms with Gasteiger partial charge in [0.25, 0.3) is 5.78 Å². The van der Waals surface area contributed by atoms with Crippen LogP contribution >= 0.6 is 11.6 Å². The average Bonchev–Trinajstić information content (AvgIpc) is 2.60. The number of nitrogens with zero attached hydrogens (tertiary/aromatic N) is 4. The molecule has 2 heterocycles. The third kappa shape index (κ3) is 2.16. The number of aryl methyl sites for hydroxylation is 2. The molecule has 0 unspecified atom stereocenters. The lowest BCUT2D eigenvalue weighted by Crippen LogP contribution is -2.03. The van der Waals surface area contributed by atoms with Gasteiger partial charge in [-0.1, -0.05) is 26.7 Å². The Morgan fingerprint density at radius 1 is 1.19 bits per heavy atom. The van der Waals surface area contributed by atoms with E-state index < -0.39 is 0 Å². The Bertz CT molecular complexity index is 492. The lowest BCUT2D eigenvalue weighted by atomic mass is 10.2. The summed E-state index contributed by atoms with van der Waals surface area (Å²) in [6.07, 6.45) is 4.09. The molecule has 0 bridgehead atoms. The molecule has 0 N–H and O–H groups in total. The fourth-order valence-corrected chi connectivity index (χ4v) is 1.93. The van der Waals surface area contributed by atoms with Gasteiger partial charge in [0, 0.05) is 11.4 Å². The smallest absolute Gasteiger partial charge is 0.216 e. The largest absolute Gasteiger partial charge is 0.253 e. The van der Waals surface area contributed by atoms with Crippen molar-refractivity contribution in [3.05, 3.63) is 22.7 Å². The summed E-state index contributed by atoms with van der Waals surface area (Å²) in [4.78, 5) is 8.54. The molecule has 5 heteroatoms. The number of aromatic nitrogens is 4. The van der Waals surface area contributed by atoms with E-state index in [9.17, 15) is 0 Å². The zero-order valence-electron chi connectivity index (χ0n) is 9.57. The Balaban J connectivity index is 2.53. The second-order valence-electron chi connectivity index (χ2n) is 3.83. The first-order chi connectivity index (χ1) is 7.74. The molecule has 0 amide bonds. The molecule has 0 saturated heterocycles. The summed E-state index contributed by atoms with van der Waals surface area (Å²) in [6, 6.07) is 2.10. The van der Waals surface area contributed by atoms with Crippen LogP contribution in [0.1, 0.15) is 38.1 Å². The topological polar surface area (TPSA) is 43.1 Å². The normalized spacial score (nSPS) is 11.2. The van der Waals surface area contributed by atoms with Crippen molar-refractivity contribution in [3.63, 3.8) is 0 Å². The maximum absolute atomic E-state index is 5.80. The van der Waals surface area contributed by atoms with Crippen LogP contribution in [-0.4, -0.2) is 19.6 Å². The molecule has 0 saturated carbocycles. The lowest BCUT2D eigenvalue weighted by molar-refractivity contribution is 0.776. The van der Waals surface area contributed by atoms with Crippen molar-refractivity contribution in [2.24, 2.45) is 0 Å². The van der Waals surface area contributed by atoms with Gasteiger partial charge in [-0.2, -0.15) is 9.50 Å². The fourth-order valence-electron chi connectivity index (χ4n) is 1.78. The summed E-state index contributed by atoms with van der Waals surface area (Å²) in [5, 5.41) is 4.40. The van der Waals surface area contributed by atoms with Gasteiger partial charge in [0.15, 0.2) is 0 Å². The van der Waals surface area contributed by atoms with E-state index in [0.29, 0.717) is 5.78 Å². The molecule has 0 aliphatic heterocycles. The van der Waals surface area contributed by atoms with Crippen molar-refractivity contribution < 1.29 is 0 Å². The van der Waals surface area contributed by atoms with Crippen LogP contribution in [0.15, 0.2) is 6.07 Å². The van der Waals surface area contributed by atoms with E-state index in [-0.39, 0.29) is 5.28 Å². The summed E-state index contributed by atoms with van der Waals surface area (Å²) in [6.45, 7) is 4.28. The number of hydrogen-bond acceptors (Lipinski definition) is 3. The first-order valence-corrected chi connectivity index (χ1v) is 6.03. The number of rotatable bonds is 4. The van der Waals surface area contributed by atoms with Gasteiger partial charge >= 0.3 is 0 Å². The van der Waals surface area contributed by atoms with E-state index in [1.54, 1.807) is 4.52 Å². The zero-order valence-corrected chi connectivity index (χ0v) is 10.3. The molecule has 0 aliphatic carbocycles. The molecule has 86 valence electrons. The molecular weight excluding hydrogens is 224 g/mol. The zero-order chi connectivity index (χ0) is 11.5. The Kier molecular flexibility index (Phi) is 3.39. The minimum absolute atomic E-state index is 0.263. The van der Waals surface area contributed by atoms with Crippen LogP contribution in [0.4, 0.5) is 0 Å². The molecule has 2 aromatic heterocycles. The highest BCUT2D eigenvalue weighted by Crippen LogP contribution is 2.12. The maximum atomic E-state index is 5.80. The van der Waals surface area contributed by atoms with E-state index in [1.165, 1.54) is 0 Å². The maximum Gasteiger partial charge on any atom is 0.253 e. The van der Waals surface area contributed by atoms with Crippen LogP contribution < -0.4 is 0 Å². The number of halogens is 1. The van der Waals surface area contributed by atoms with E-state index in [2.05, 4.69) is 35.0 Å². The van der Waals surface area contributed by atoms with Crippen molar-refractivity contribution in [3.8, 4) is 0 Å². The molecule has 16 heavy (non-hydrogen) atoms. The molecule has 2 rings (SSSR count). The van der Waals surface area contributed by atoms with Crippen LogP contribution in [0, 0.1) is 0 Å². The molecule has 0 spiro atoms. The Morgan fingerprint density at radius 3 is 2.62 bits per heavy atom. The van der Waals surface area contributed by atoms with Crippen LogP contribution in [0.3, 0.4) is 0 Å². The summed E-state index contributed by atoms with van der Waals surface area (Å²) >= 11 is 5.80. The van der Waals surface area contributed by atoms with Crippen molar-refractivity contribution in [1.29, 1.82) is 0 Å². The molecule has 2 aromatic rings. The van der Waals surface area contributed by atoms with Gasteiger partial charge in [-0.3, -0.25) is 0 Å². The van der Waals surface area contributed by atoms with Gasteiger partial charge in [-0.15, -0.1) is 5.10 Å². The van der Waals surface area contributed by atoms with Gasteiger partial charge in [-0.05, 0) is 30.5 Å². The molecule has 0 aliphatic rings. The van der Waals surface area contributed by atoms with Gasteiger partial charge in [0.05, 0.1) is 0 Å². The Hall–Kier alpha value is -1.16. The van der Waals surface area contributed by atoms with Crippen LogP contribution in [-0.2, 0) is 12.8 Å². The van der Waals surface area contributed by atoms with Gasteiger partial charge in [-0.25, -0.2) is 4.98 Å². The molecule has 0 fully saturated rings. The van der Waals surface area contributed by atoms with Crippen LogP contribution in [0.2, 0.25) is 5.28 Å². The van der Waals surface area contributed by atoms with E-state index in [0.717, 1.165) is 37.1 Å². The van der Waals surface area contributed by atoms with Crippen molar-refractivity contribution in [1.82, 2.24) is 19.6 Å². The second kappa shape index (κ2) is 4.78. The standard InChI is InChI=1S/C11H15ClN4/c1-3-5-8-7-9(6-4-2)16-11(13-8)14-10(12)15-16/h7H,3-6H2,1-2H3. The first kappa shape index (κ1) is 11.3. The van der Waals surface area contributed by atoms with Crippen LogP contribution in [0.25, 0.3) is 5.78 Å². The van der Waals surface area contributed by atoms with Gasteiger partial charge in [0.2, 0.25) is 5.28 Å². The second-order valence-corrected chi connectivity index (χ2v) is 4.17. The molecule has 0 atom stereocenters. The van der Waals surface area contributed by atoms with Gasteiger partial charge < -0.3 is 0 Å². The highest BCUT2D eigenvalue weighted by Gasteiger charge is 2.09. The number of fused-ring (bicyclic) bond motifs is 1. The monoisotopic (exact) mass is 238 g/mol. The summed E-state index contributed by atoms with van der Waals surface area (Å²) in [5.41, 5.74) is 2.21. The minimum Gasteiger partial charge on any atom is -0.216 e. The predicted molar refractivity (Wildman–Crippen MR) is 63.8 cm³/mol. The highest BCUT2D eigenvalue weighted by atomic mass is 35.5. The Morgan fingerprint density at radius 2 is 1.94 bits per heavy atom. The SMILES string of the molecule is CCCc1cc(CCC)n2nc(Cl)nc2n1. The molecular formula is C11H15ClN4. The highest BCUT2D eigenvalue weighted by molar-refractivity contribution is 6.28. The van der Waals surface area contributed by atoms with E-state index in [4.69, 9.17) is 11.6 Å². The van der Waals surface area contributed by atoms with E-state index in [1.807, 2.05) is 0 Å².